The summed E-state index contributed by atoms with van der Waals surface area (Å²) in [6, 6.07) is 7.60. The van der Waals surface area contributed by atoms with Crippen molar-refractivity contribution in [3.8, 4) is 0 Å². The van der Waals surface area contributed by atoms with Crippen molar-refractivity contribution in [3.05, 3.63) is 35.4 Å². The number of nitrogens with one attached hydrogen (secondary N) is 1. The Balaban J connectivity index is 2.08. The molecule has 0 unspecified atom stereocenters. The predicted molar refractivity (Wildman–Crippen MR) is 95.6 cm³/mol. The van der Waals surface area contributed by atoms with Gasteiger partial charge in [-0.25, -0.2) is 4.79 Å². The summed E-state index contributed by atoms with van der Waals surface area (Å²) in [6.07, 6.45) is 0.872. The average molecular weight is 331 g/mol. The van der Waals surface area contributed by atoms with E-state index >= 15 is 0 Å². The lowest BCUT2D eigenvalue weighted by atomic mass is 9.97. The Morgan fingerprint density at radius 3 is 2.38 bits per heavy atom. The zero-order valence-corrected chi connectivity index (χ0v) is 15.2. The number of amides is 3. The molecule has 5 heteroatoms. The minimum atomic E-state index is -0.483. The fourth-order valence-corrected chi connectivity index (χ4v) is 3.13. The molecular formula is C19H29N3O2. The summed E-state index contributed by atoms with van der Waals surface area (Å²) in [5.41, 5.74) is 2.52. The van der Waals surface area contributed by atoms with Crippen LogP contribution in [0.1, 0.15) is 38.8 Å². The quantitative estimate of drug-likeness (QED) is 0.902. The summed E-state index contributed by atoms with van der Waals surface area (Å²) in [5, 5.41) is 2.94. The van der Waals surface area contributed by atoms with Gasteiger partial charge in [-0.1, -0.05) is 38.1 Å². The van der Waals surface area contributed by atoms with E-state index in [2.05, 4.69) is 17.4 Å². The van der Waals surface area contributed by atoms with Crippen LogP contribution in [0, 0.1) is 5.92 Å². The third kappa shape index (κ3) is 4.08. The maximum atomic E-state index is 13.0. The lowest BCUT2D eigenvalue weighted by Gasteiger charge is -2.34. The molecule has 24 heavy (non-hydrogen) atoms. The molecule has 0 radical (unpaired) electrons. The minimum absolute atomic E-state index is 0.0139. The van der Waals surface area contributed by atoms with E-state index in [1.807, 2.05) is 44.7 Å². The highest BCUT2D eigenvalue weighted by molar-refractivity contribution is 5.87. The first-order chi connectivity index (χ1) is 11.5. The summed E-state index contributed by atoms with van der Waals surface area (Å²) < 4.78 is 0. The van der Waals surface area contributed by atoms with Crippen LogP contribution < -0.4 is 5.32 Å². The Morgan fingerprint density at radius 2 is 1.79 bits per heavy atom. The predicted octanol–water partition coefficient (Wildman–Crippen LogP) is 2.65. The van der Waals surface area contributed by atoms with E-state index in [1.165, 1.54) is 11.1 Å². The highest BCUT2D eigenvalue weighted by atomic mass is 16.2. The van der Waals surface area contributed by atoms with Crippen LogP contribution in [0.3, 0.4) is 0 Å². The van der Waals surface area contributed by atoms with E-state index in [4.69, 9.17) is 0 Å². The van der Waals surface area contributed by atoms with Gasteiger partial charge in [0.15, 0.2) is 0 Å². The van der Waals surface area contributed by atoms with Crippen molar-refractivity contribution in [3.63, 3.8) is 0 Å². The molecule has 3 amide bonds. The summed E-state index contributed by atoms with van der Waals surface area (Å²) >= 11 is 0. The standard InChI is InChI=1S/C19H29N3O2/c1-5-21(6-2)19(24)20-17(14(3)4)18(23)22-12-11-15-9-7-8-10-16(15)13-22/h7-10,14,17H,5-6,11-13H2,1-4H3,(H,20,24)/t17-/m1/s1. The maximum absolute atomic E-state index is 13.0. The van der Waals surface area contributed by atoms with Crippen LogP contribution in [0.15, 0.2) is 24.3 Å². The van der Waals surface area contributed by atoms with Crippen molar-refractivity contribution in [2.75, 3.05) is 19.6 Å². The van der Waals surface area contributed by atoms with E-state index in [-0.39, 0.29) is 17.9 Å². The third-order valence-electron chi connectivity index (χ3n) is 4.70. The van der Waals surface area contributed by atoms with Crippen LogP contribution in [0.4, 0.5) is 4.79 Å². The van der Waals surface area contributed by atoms with Crippen molar-refractivity contribution in [1.82, 2.24) is 15.1 Å². The van der Waals surface area contributed by atoms with E-state index in [0.29, 0.717) is 26.2 Å². The van der Waals surface area contributed by atoms with Crippen molar-refractivity contribution in [1.29, 1.82) is 0 Å². The Kier molecular flexibility index (Phi) is 6.23. The molecule has 1 N–H and O–H groups in total. The van der Waals surface area contributed by atoms with E-state index in [9.17, 15) is 9.59 Å². The molecule has 132 valence electrons. The number of urea groups is 1. The molecule has 1 aromatic carbocycles. The number of hydrogen-bond donors (Lipinski definition) is 1. The average Bonchev–Trinajstić information content (AvgIpc) is 2.59. The first kappa shape index (κ1) is 18.3. The lowest BCUT2D eigenvalue weighted by Crippen LogP contribution is -2.55. The molecule has 1 heterocycles. The van der Waals surface area contributed by atoms with Crippen LogP contribution in [0.5, 0.6) is 0 Å². The molecule has 5 nitrogen and oxygen atoms in total. The number of fused-ring (bicyclic) bond motifs is 1. The largest absolute Gasteiger partial charge is 0.336 e. The van der Waals surface area contributed by atoms with Gasteiger partial charge in [-0.15, -0.1) is 0 Å². The van der Waals surface area contributed by atoms with Gasteiger partial charge in [0.25, 0.3) is 0 Å². The fraction of sp³-hybridized carbons (Fsp3) is 0.579. The molecule has 0 aromatic heterocycles. The van der Waals surface area contributed by atoms with Gasteiger partial charge in [0.05, 0.1) is 0 Å². The lowest BCUT2D eigenvalue weighted by molar-refractivity contribution is -0.135. The number of rotatable bonds is 5. The molecule has 0 spiro atoms. The van der Waals surface area contributed by atoms with Crippen LogP contribution in [-0.4, -0.2) is 47.4 Å². The molecule has 0 aliphatic carbocycles. The van der Waals surface area contributed by atoms with E-state index in [0.717, 1.165) is 6.42 Å². The zero-order chi connectivity index (χ0) is 17.7. The summed E-state index contributed by atoms with van der Waals surface area (Å²) in [7, 11) is 0. The molecule has 2 rings (SSSR count). The smallest absolute Gasteiger partial charge is 0.318 e. The van der Waals surface area contributed by atoms with E-state index < -0.39 is 6.04 Å². The third-order valence-corrected chi connectivity index (χ3v) is 4.70. The number of carbonyl (C=O) groups is 2. The molecule has 0 saturated heterocycles. The van der Waals surface area contributed by atoms with Crippen LogP contribution in [-0.2, 0) is 17.8 Å². The zero-order valence-electron chi connectivity index (χ0n) is 15.2. The normalized spacial score (nSPS) is 15.0. The highest BCUT2D eigenvalue weighted by Crippen LogP contribution is 2.20. The van der Waals surface area contributed by atoms with Crippen molar-refractivity contribution >= 4 is 11.9 Å². The fourth-order valence-electron chi connectivity index (χ4n) is 3.13. The van der Waals surface area contributed by atoms with Gasteiger partial charge in [-0.2, -0.15) is 0 Å². The van der Waals surface area contributed by atoms with Crippen LogP contribution in [0.2, 0.25) is 0 Å². The van der Waals surface area contributed by atoms with E-state index in [1.54, 1.807) is 4.90 Å². The molecule has 1 aromatic rings. The van der Waals surface area contributed by atoms with Gasteiger partial charge < -0.3 is 15.1 Å². The number of carbonyl (C=O) groups excluding carboxylic acids is 2. The molecule has 0 saturated carbocycles. The van der Waals surface area contributed by atoms with Gasteiger partial charge in [0.1, 0.15) is 6.04 Å². The van der Waals surface area contributed by atoms with Crippen molar-refractivity contribution < 1.29 is 9.59 Å². The Morgan fingerprint density at radius 1 is 1.17 bits per heavy atom. The summed E-state index contributed by atoms with van der Waals surface area (Å²) in [4.78, 5) is 28.9. The Hall–Kier alpha value is -2.04. The SMILES string of the molecule is CCN(CC)C(=O)N[C@@H](C(=O)N1CCc2ccccc2C1)C(C)C. The first-order valence-corrected chi connectivity index (χ1v) is 8.88. The van der Waals surface area contributed by atoms with Gasteiger partial charge >= 0.3 is 6.03 Å². The number of nitrogens with zero attached hydrogens (tertiary/aromatic N) is 2. The second-order valence-corrected chi connectivity index (χ2v) is 6.62. The molecule has 1 atom stereocenters. The van der Waals surface area contributed by atoms with Crippen LogP contribution >= 0.6 is 0 Å². The van der Waals surface area contributed by atoms with Gasteiger partial charge in [0, 0.05) is 26.2 Å². The Bertz CT molecular complexity index is 582. The topological polar surface area (TPSA) is 52.7 Å². The number of hydrogen-bond acceptors (Lipinski definition) is 2. The van der Waals surface area contributed by atoms with Crippen molar-refractivity contribution in [2.45, 2.75) is 46.7 Å². The summed E-state index contributed by atoms with van der Waals surface area (Å²) in [6.45, 7) is 10.4. The second kappa shape index (κ2) is 8.18. The highest BCUT2D eigenvalue weighted by Gasteiger charge is 2.31. The number of benzene rings is 1. The van der Waals surface area contributed by atoms with Gasteiger partial charge in [-0.05, 0) is 37.3 Å². The summed E-state index contributed by atoms with van der Waals surface area (Å²) in [5.74, 6) is 0.0641. The second-order valence-electron chi connectivity index (χ2n) is 6.62. The molecule has 1 aliphatic heterocycles. The van der Waals surface area contributed by atoms with Crippen molar-refractivity contribution in [2.24, 2.45) is 5.92 Å². The Labute approximate surface area is 145 Å². The molecular weight excluding hydrogens is 302 g/mol. The maximum Gasteiger partial charge on any atom is 0.318 e. The van der Waals surface area contributed by atoms with Crippen LogP contribution in [0.25, 0.3) is 0 Å². The molecule has 0 fully saturated rings. The van der Waals surface area contributed by atoms with Gasteiger partial charge in [-0.3, -0.25) is 4.79 Å². The molecule has 1 aliphatic rings. The minimum Gasteiger partial charge on any atom is -0.336 e. The molecule has 0 bridgehead atoms. The monoisotopic (exact) mass is 331 g/mol. The van der Waals surface area contributed by atoms with Gasteiger partial charge in [0.2, 0.25) is 5.91 Å². The first-order valence-electron chi connectivity index (χ1n) is 8.88.